The van der Waals surface area contributed by atoms with Crippen LogP contribution in [-0.4, -0.2) is 53.2 Å². The van der Waals surface area contributed by atoms with Crippen molar-refractivity contribution in [3.63, 3.8) is 0 Å². The van der Waals surface area contributed by atoms with Gasteiger partial charge in [-0.1, -0.05) is 19.9 Å². The highest BCUT2D eigenvalue weighted by atomic mass is 16.8. The van der Waals surface area contributed by atoms with Crippen LogP contribution >= 0.6 is 0 Å². The number of carbonyl (C=O) groups is 4. The normalized spacial score (nSPS) is 14.1. The predicted octanol–water partition coefficient (Wildman–Crippen LogP) is 4.40. The van der Waals surface area contributed by atoms with E-state index in [1.165, 1.54) is 18.2 Å². The SMILES string of the molecule is CCC(=O)OCC(C)C(c1ccc(OC(=O)OC(C)(C)C)c(OC(=O)OC(C)(C)C)c1)[C@H](N)C(=O)O. The molecular weight excluding hydrogens is 474 g/mol. The lowest BCUT2D eigenvalue weighted by Gasteiger charge is -2.28. The number of carboxylic acids is 1. The highest BCUT2D eigenvalue weighted by Gasteiger charge is 2.33. The van der Waals surface area contributed by atoms with Gasteiger partial charge in [-0.25, -0.2) is 9.59 Å². The Kier molecular flexibility index (Phi) is 10.7. The van der Waals surface area contributed by atoms with Crippen molar-refractivity contribution >= 4 is 24.2 Å². The van der Waals surface area contributed by atoms with Crippen molar-refractivity contribution in [3.8, 4) is 11.5 Å². The van der Waals surface area contributed by atoms with E-state index >= 15 is 0 Å². The monoisotopic (exact) mass is 511 g/mol. The minimum atomic E-state index is -1.38. The quantitative estimate of drug-likeness (QED) is 0.275. The van der Waals surface area contributed by atoms with Gasteiger partial charge in [0, 0.05) is 12.3 Å². The van der Waals surface area contributed by atoms with Gasteiger partial charge in [0.05, 0.1) is 6.61 Å². The molecular formula is C25H37NO10. The fourth-order valence-electron chi connectivity index (χ4n) is 3.09. The predicted molar refractivity (Wildman–Crippen MR) is 129 cm³/mol. The molecule has 0 radical (unpaired) electrons. The lowest BCUT2D eigenvalue weighted by Crippen LogP contribution is -2.40. The number of hydrogen-bond donors (Lipinski definition) is 2. The van der Waals surface area contributed by atoms with Crippen molar-refractivity contribution in [2.24, 2.45) is 11.7 Å². The molecule has 11 nitrogen and oxygen atoms in total. The Morgan fingerprint density at radius 3 is 1.86 bits per heavy atom. The fraction of sp³-hybridized carbons (Fsp3) is 0.600. The molecule has 202 valence electrons. The molecule has 0 heterocycles. The van der Waals surface area contributed by atoms with Crippen LogP contribution in [0.1, 0.15) is 73.3 Å². The molecule has 0 fully saturated rings. The summed E-state index contributed by atoms with van der Waals surface area (Å²) in [5, 5.41) is 9.59. The summed E-state index contributed by atoms with van der Waals surface area (Å²) in [7, 11) is 0. The smallest absolute Gasteiger partial charge is 0.480 e. The molecule has 0 bridgehead atoms. The minimum absolute atomic E-state index is 0.0866. The number of carboxylic acid groups (broad SMARTS) is 1. The van der Waals surface area contributed by atoms with Gasteiger partial charge in [-0.05, 0) is 65.2 Å². The third-order valence-corrected chi connectivity index (χ3v) is 4.60. The van der Waals surface area contributed by atoms with Crippen LogP contribution in [0.25, 0.3) is 0 Å². The molecule has 0 saturated heterocycles. The zero-order valence-electron chi connectivity index (χ0n) is 22.1. The fourth-order valence-corrected chi connectivity index (χ4v) is 3.09. The Morgan fingerprint density at radius 2 is 1.42 bits per heavy atom. The van der Waals surface area contributed by atoms with Gasteiger partial charge in [-0.3, -0.25) is 9.59 Å². The largest absolute Gasteiger partial charge is 0.514 e. The van der Waals surface area contributed by atoms with E-state index in [0.717, 1.165) is 0 Å². The maximum atomic E-state index is 12.4. The topological polar surface area (TPSA) is 161 Å². The van der Waals surface area contributed by atoms with Gasteiger partial charge in [0.15, 0.2) is 11.5 Å². The Hall–Kier alpha value is -3.34. The Morgan fingerprint density at radius 1 is 0.917 bits per heavy atom. The molecule has 0 saturated carbocycles. The lowest BCUT2D eigenvalue weighted by atomic mass is 9.82. The highest BCUT2D eigenvalue weighted by molar-refractivity contribution is 5.75. The molecule has 2 unspecified atom stereocenters. The van der Waals surface area contributed by atoms with Crippen molar-refractivity contribution in [1.82, 2.24) is 0 Å². The summed E-state index contributed by atoms with van der Waals surface area (Å²) in [4.78, 5) is 48.0. The van der Waals surface area contributed by atoms with E-state index in [0.29, 0.717) is 5.56 Å². The summed E-state index contributed by atoms with van der Waals surface area (Å²) in [6.45, 7) is 13.1. The molecule has 0 aliphatic heterocycles. The van der Waals surface area contributed by atoms with Crippen molar-refractivity contribution in [1.29, 1.82) is 0 Å². The van der Waals surface area contributed by atoms with Gasteiger partial charge in [0.25, 0.3) is 0 Å². The minimum Gasteiger partial charge on any atom is -0.480 e. The molecule has 3 atom stereocenters. The second kappa shape index (κ2) is 12.6. The first kappa shape index (κ1) is 30.7. The number of aliphatic carboxylic acids is 1. The first-order valence-electron chi connectivity index (χ1n) is 11.5. The number of rotatable bonds is 9. The molecule has 1 aromatic rings. The average Bonchev–Trinajstić information content (AvgIpc) is 2.70. The van der Waals surface area contributed by atoms with E-state index in [1.807, 2.05) is 0 Å². The van der Waals surface area contributed by atoms with E-state index in [1.54, 1.807) is 55.4 Å². The van der Waals surface area contributed by atoms with Crippen molar-refractivity contribution in [2.45, 2.75) is 85.0 Å². The zero-order chi connectivity index (χ0) is 27.8. The molecule has 1 rings (SSSR count). The van der Waals surface area contributed by atoms with Gasteiger partial charge in [0.2, 0.25) is 0 Å². The summed E-state index contributed by atoms with van der Waals surface area (Å²) in [6, 6.07) is 2.75. The average molecular weight is 512 g/mol. The van der Waals surface area contributed by atoms with Crippen molar-refractivity contribution in [3.05, 3.63) is 23.8 Å². The van der Waals surface area contributed by atoms with Crippen LogP contribution in [-0.2, 0) is 23.8 Å². The second-order valence-electron chi connectivity index (χ2n) is 10.2. The third kappa shape index (κ3) is 10.5. The third-order valence-electron chi connectivity index (χ3n) is 4.60. The van der Waals surface area contributed by atoms with E-state index in [4.69, 9.17) is 29.4 Å². The summed E-state index contributed by atoms with van der Waals surface area (Å²) in [6.07, 6.45) is -1.95. The zero-order valence-corrected chi connectivity index (χ0v) is 22.1. The highest BCUT2D eigenvalue weighted by Crippen LogP contribution is 2.36. The Bertz CT molecular complexity index is 945. The van der Waals surface area contributed by atoms with Gasteiger partial charge in [0.1, 0.15) is 17.2 Å². The number of benzene rings is 1. The molecule has 0 aliphatic rings. The summed E-state index contributed by atoms with van der Waals surface area (Å²) in [5.74, 6) is -3.49. The van der Waals surface area contributed by atoms with Gasteiger partial charge in [-0.15, -0.1) is 0 Å². The molecule has 0 spiro atoms. The van der Waals surface area contributed by atoms with Crippen LogP contribution < -0.4 is 15.2 Å². The van der Waals surface area contributed by atoms with Gasteiger partial charge < -0.3 is 34.5 Å². The molecule has 0 aliphatic carbocycles. The van der Waals surface area contributed by atoms with Crippen LogP contribution in [0.4, 0.5) is 9.59 Å². The van der Waals surface area contributed by atoms with Crippen LogP contribution in [0.5, 0.6) is 11.5 Å². The summed E-state index contributed by atoms with van der Waals surface area (Å²) < 4.78 is 26.1. The molecule has 36 heavy (non-hydrogen) atoms. The molecule has 0 aromatic heterocycles. The van der Waals surface area contributed by atoms with E-state index in [9.17, 15) is 24.3 Å². The van der Waals surface area contributed by atoms with Gasteiger partial charge in [-0.2, -0.15) is 0 Å². The maximum absolute atomic E-state index is 12.4. The van der Waals surface area contributed by atoms with Crippen molar-refractivity contribution < 1.29 is 48.0 Å². The van der Waals surface area contributed by atoms with Crippen LogP contribution in [0.2, 0.25) is 0 Å². The summed E-state index contributed by atoms with van der Waals surface area (Å²) in [5.41, 5.74) is 4.62. The molecule has 3 N–H and O–H groups in total. The number of carbonyl (C=O) groups excluding carboxylic acids is 3. The van der Waals surface area contributed by atoms with E-state index in [2.05, 4.69) is 0 Å². The van der Waals surface area contributed by atoms with E-state index < -0.39 is 53.3 Å². The molecule has 0 amide bonds. The van der Waals surface area contributed by atoms with E-state index in [-0.39, 0.29) is 24.5 Å². The first-order valence-corrected chi connectivity index (χ1v) is 11.5. The Labute approximate surface area is 211 Å². The molecule has 11 heteroatoms. The van der Waals surface area contributed by atoms with Crippen LogP contribution in [0.3, 0.4) is 0 Å². The first-order chi connectivity index (χ1) is 16.4. The summed E-state index contributed by atoms with van der Waals surface area (Å²) >= 11 is 0. The Balaban J connectivity index is 3.44. The number of esters is 1. The lowest BCUT2D eigenvalue weighted by molar-refractivity contribution is -0.145. The number of ether oxygens (including phenoxy) is 5. The van der Waals surface area contributed by atoms with Gasteiger partial charge >= 0.3 is 24.2 Å². The second-order valence-corrected chi connectivity index (χ2v) is 10.2. The number of nitrogens with two attached hydrogens (primary N) is 1. The van der Waals surface area contributed by atoms with Crippen LogP contribution in [0, 0.1) is 5.92 Å². The van der Waals surface area contributed by atoms with Crippen molar-refractivity contribution in [2.75, 3.05) is 6.61 Å². The maximum Gasteiger partial charge on any atom is 0.514 e. The molecule has 1 aromatic carbocycles. The number of hydrogen-bond acceptors (Lipinski definition) is 10. The standard InChI is InChI=1S/C25H37NO10/c1-9-18(27)32-13-14(2)19(20(26)21(28)29)15-10-11-16(33-22(30)35-24(3,4)5)17(12-15)34-23(31)36-25(6,7)8/h10-12,14,19-20H,9,13,26H2,1-8H3,(H,28,29)/t14?,19?,20-/m0/s1. The van der Waals surface area contributed by atoms with Crippen LogP contribution in [0.15, 0.2) is 18.2 Å².